The Kier molecular flexibility index (Phi) is 6.31. The van der Waals surface area contributed by atoms with Crippen molar-refractivity contribution in [3.8, 4) is 0 Å². The van der Waals surface area contributed by atoms with Crippen LogP contribution < -0.4 is 0 Å². The highest BCUT2D eigenvalue weighted by Gasteiger charge is 2.21. The molecule has 0 spiro atoms. The highest BCUT2D eigenvalue weighted by molar-refractivity contribution is 6.18. The fraction of sp³-hybridized carbons (Fsp3) is 0.280. The average Bonchev–Trinajstić information content (AvgIpc) is 2.78. The van der Waals surface area contributed by atoms with Crippen molar-refractivity contribution < 1.29 is 9.47 Å². The lowest BCUT2D eigenvalue weighted by molar-refractivity contribution is 0.0549. The number of rotatable bonds is 3. The third-order valence-electron chi connectivity index (χ3n) is 5.34. The number of alkyl halides is 1. The summed E-state index contributed by atoms with van der Waals surface area (Å²) in [7, 11) is 0. The van der Waals surface area contributed by atoms with Crippen LogP contribution in [-0.4, -0.2) is 25.2 Å². The van der Waals surface area contributed by atoms with Gasteiger partial charge in [-0.25, -0.2) is 0 Å². The van der Waals surface area contributed by atoms with Crippen molar-refractivity contribution in [2.75, 3.05) is 19.1 Å². The molecule has 28 heavy (non-hydrogen) atoms. The minimum Gasteiger partial charge on any atom is -0.497 e. The van der Waals surface area contributed by atoms with E-state index < -0.39 is 0 Å². The fourth-order valence-electron chi connectivity index (χ4n) is 4.03. The molecule has 2 aliphatic rings. The molecule has 0 amide bonds. The number of hydrogen-bond donors (Lipinski definition) is 0. The summed E-state index contributed by atoms with van der Waals surface area (Å²) in [6, 6.07) is 17.7. The lowest BCUT2D eigenvalue weighted by Gasteiger charge is -2.26. The van der Waals surface area contributed by atoms with Crippen LogP contribution in [0.1, 0.15) is 17.5 Å². The third-order valence-corrected chi connectivity index (χ3v) is 5.50. The van der Waals surface area contributed by atoms with E-state index in [1.807, 2.05) is 18.2 Å². The van der Waals surface area contributed by atoms with E-state index in [9.17, 15) is 0 Å². The lowest BCUT2D eigenvalue weighted by Crippen LogP contribution is -2.23. The fourth-order valence-corrected chi connectivity index (χ4v) is 4.12. The van der Waals surface area contributed by atoms with Crippen LogP contribution in [0, 0.1) is 0 Å². The van der Waals surface area contributed by atoms with Gasteiger partial charge in [-0.2, -0.15) is 0 Å². The Labute approximate surface area is 171 Å². The SMILES string of the molecule is C1=CCOC=C1.ClCCOC1CCc2c(ccc3c2ccc2ccccc23)C1. The molecule has 3 aromatic rings. The minimum atomic E-state index is 0.323. The molecule has 0 N–H and O–H groups in total. The number of aryl methyl sites for hydroxylation is 1. The molecule has 0 aromatic heterocycles. The van der Waals surface area contributed by atoms with Crippen molar-refractivity contribution in [2.24, 2.45) is 0 Å². The molecule has 3 aromatic carbocycles. The van der Waals surface area contributed by atoms with Crippen LogP contribution in [0.15, 0.2) is 73.0 Å². The monoisotopic (exact) mass is 392 g/mol. The van der Waals surface area contributed by atoms with Crippen molar-refractivity contribution >= 4 is 33.1 Å². The summed E-state index contributed by atoms with van der Waals surface area (Å²) in [6.07, 6.45) is 11.0. The summed E-state index contributed by atoms with van der Waals surface area (Å²) < 4.78 is 10.6. The lowest BCUT2D eigenvalue weighted by atomic mass is 9.85. The number of halogens is 1. The van der Waals surface area contributed by atoms with Crippen molar-refractivity contribution in [2.45, 2.75) is 25.4 Å². The third kappa shape index (κ3) is 4.24. The minimum absolute atomic E-state index is 0.323. The van der Waals surface area contributed by atoms with E-state index >= 15 is 0 Å². The Morgan fingerprint density at radius 1 is 0.964 bits per heavy atom. The largest absolute Gasteiger partial charge is 0.497 e. The summed E-state index contributed by atoms with van der Waals surface area (Å²) in [6.45, 7) is 1.39. The first-order chi connectivity index (χ1) is 13.9. The molecule has 0 fully saturated rings. The highest BCUT2D eigenvalue weighted by atomic mass is 35.5. The number of fused-ring (bicyclic) bond motifs is 5. The number of benzene rings is 3. The van der Waals surface area contributed by atoms with Gasteiger partial charge in [0.15, 0.2) is 0 Å². The van der Waals surface area contributed by atoms with Gasteiger partial charge in [-0.15, -0.1) is 11.6 Å². The van der Waals surface area contributed by atoms with Crippen molar-refractivity contribution in [1.29, 1.82) is 0 Å². The molecule has 1 heterocycles. The normalized spacial score (nSPS) is 17.7. The quantitative estimate of drug-likeness (QED) is 0.390. The van der Waals surface area contributed by atoms with Gasteiger partial charge in [0.1, 0.15) is 6.61 Å². The Morgan fingerprint density at radius 3 is 2.61 bits per heavy atom. The standard InChI is InChI=1S/C20H19ClO.C5H6O/c21-11-12-22-16-7-10-18-15(13-16)6-9-19-17-4-2-1-3-14(17)5-8-20(18)19;1-2-4-6-5-3-1/h1-6,8-9,16H,7,10-13H2;1-4H,5H2. The van der Waals surface area contributed by atoms with Gasteiger partial charge in [-0.3, -0.25) is 0 Å². The molecule has 0 saturated carbocycles. The van der Waals surface area contributed by atoms with Crippen molar-refractivity contribution in [1.82, 2.24) is 0 Å². The second-order valence-electron chi connectivity index (χ2n) is 7.10. The maximum absolute atomic E-state index is 5.84. The van der Waals surface area contributed by atoms with E-state index in [-0.39, 0.29) is 0 Å². The van der Waals surface area contributed by atoms with E-state index in [4.69, 9.17) is 21.1 Å². The van der Waals surface area contributed by atoms with Gasteiger partial charge in [0, 0.05) is 5.88 Å². The molecule has 2 nitrogen and oxygen atoms in total. The van der Waals surface area contributed by atoms with Crippen LogP contribution in [0.3, 0.4) is 0 Å². The van der Waals surface area contributed by atoms with E-state index in [0.29, 0.717) is 18.6 Å². The van der Waals surface area contributed by atoms with Crippen LogP contribution in [0.4, 0.5) is 0 Å². The molecule has 1 aliphatic heterocycles. The van der Waals surface area contributed by atoms with Gasteiger partial charge >= 0.3 is 0 Å². The molecular formula is C25H25ClO2. The van der Waals surface area contributed by atoms with Crippen molar-refractivity contribution in [3.05, 3.63) is 84.1 Å². The zero-order valence-electron chi connectivity index (χ0n) is 15.9. The van der Waals surface area contributed by atoms with Crippen LogP contribution in [0.25, 0.3) is 21.5 Å². The van der Waals surface area contributed by atoms with Crippen LogP contribution >= 0.6 is 11.6 Å². The molecule has 144 valence electrons. The Morgan fingerprint density at radius 2 is 1.86 bits per heavy atom. The van der Waals surface area contributed by atoms with Gasteiger partial charge in [-0.1, -0.05) is 54.6 Å². The molecule has 3 heteroatoms. The topological polar surface area (TPSA) is 18.5 Å². The first kappa shape index (κ1) is 19.0. The Bertz CT molecular complexity index is 994. The zero-order valence-corrected chi connectivity index (χ0v) is 16.7. The summed E-state index contributed by atoms with van der Waals surface area (Å²) in [5, 5.41) is 5.45. The summed E-state index contributed by atoms with van der Waals surface area (Å²) in [5.74, 6) is 0.576. The maximum atomic E-state index is 5.84. The molecule has 5 rings (SSSR count). The van der Waals surface area contributed by atoms with Gasteiger partial charge in [-0.05, 0) is 64.1 Å². The molecule has 0 radical (unpaired) electrons. The van der Waals surface area contributed by atoms with E-state index in [1.54, 1.807) is 6.26 Å². The Balaban J connectivity index is 0.000000275. The first-order valence-electron chi connectivity index (χ1n) is 9.90. The molecule has 1 aliphatic carbocycles. The van der Waals surface area contributed by atoms with E-state index in [2.05, 4.69) is 48.5 Å². The molecule has 0 bridgehead atoms. The smallest absolute Gasteiger partial charge is 0.106 e. The van der Waals surface area contributed by atoms with Gasteiger partial charge in [0.2, 0.25) is 0 Å². The molecule has 0 saturated heterocycles. The number of hydrogen-bond acceptors (Lipinski definition) is 2. The average molecular weight is 393 g/mol. The zero-order chi connectivity index (χ0) is 19.2. The van der Waals surface area contributed by atoms with Crippen LogP contribution in [0.2, 0.25) is 0 Å². The molecule has 1 unspecified atom stereocenters. The van der Waals surface area contributed by atoms with Crippen LogP contribution in [0.5, 0.6) is 0 Å². The van der Waals surface area contributed by atoms with E-state index in [0.717, 1.165) is 25.9 Å². The Hall–Kier alpha value is -2.29. The first-order valence-corrected chi connectivity index (χ1v) is 10.4. The van der Waals surface area contributed by atoms with Gasteiger partial charge in [0.25, 0.3) is 0 Å². The van der Waals surface area contributed by atoms with Crippen LogP contribution in [-0.2, 0) is 22.3 Å². The highest BCUT2D eigenvalue weighted by Crippen LogP contribution is 2.33. The summed E-state index contributed by atoms with van der Waals surface area (Å²) in [4.78, 5) is 0. The summed E-state index contributed by atoms with van der Waals surface area (Å²) >= 11 is 5.73. The molecular weight excluding hydrogens is 368 g/mol. The second kappa shape index (κ2) is 9.27. The predicted molar refractivity (Wildman–Crippen MR) is 118 cm³/mol. The van der Waals surface area contributed by atoms with E-state index in [1.165, 1.54) is 32.7 Å². The number of allylic oxidation sites excluding steroid dienone is 2. The summed E-state index contributed by atoms with van der Waals surface area (Å²) in [5.41, 5.74) is 2.95. The van der Waals surface area contributed by atoms with Gasteiger partial charge in [0.05, 0.1) is 19.0 Å². The number of ether oxygens (including phenoxy) is 2. The molecule has 1 atom stereocenters. The second-order valence-corrected chi connectivity index (χ2v) is 7.48. The maximum Gasteiger partial charge on any atom is 0.106 e. The van der Waals surface area contributed by atoms with Gasteiger partial charge < -0.3 is 9.47 Å². The van der Waals surface area contributed by atoms with Crippen molar-refractivity contribution in [3.63, 3.8) is 0 Å². The predicted octanol–water partition coefficient (Wildman–Crippen LogP) is 6.19.